The number of likely N-dealkylation sites (tertiary alicyclic amines) is 1. The standard InChI is InChI=1S/C20H33N3O4/c1-13(2)20(27)23-8-4-3-5-17(23)19(26)21-15-9-16(10-15)22(12-18(24)25)11-14-6-7-14/h13-17H,3-12H2,1-2H3,(H,21,26)(H,24,25). The van der Waals surface area contributed by atoms with E-state index in [0.29, 0.717) is 12.5 Å². The number of hydrogen-bond acceptors (Lipinski definition) is 4. The molecule has 0 bridgehead atoms. The third-order valence-corrected chi connectivity index (χ3v) is 6.09. The molecule has 2 N–H and O–H groups in total. The van der Waals surface area contributed by atoms with Crippen LogP contribution in [0.1, 0.15) is 58.8 Å². The maximum absolute atomic E-state index is 12.8. The number of hydrogen-bond donors (Lipinski definition) is 2. The lowest BCUT2D eigenvalue weighted by Gasteiger charge is -2.44. The van der Waals surface area contributed by atoms with E-state index in [0.717, 1.165) is 38.6 Å². The second-order valence-electron chi connectivity index (χ2n) is 8.80. The van der Waals surface area contributed by atoms with Gasteiger partial charge in [0.25, 0.3) is 0 Å². The molecule has 1 saturated heterocycles. The van der Waals surface area contributed by atoms with Gasteiger partial charge in [0.05, 0.1) is 6.54 Å². The SMILES string of the molecule is CC(C)C(=O)N1CCCCC1C(=O)NC1CC(N(CC(=O)O)CC2CC2)C1. The van der Waals surface area contributed by atoms with Gasteiger partial charge in [-0.1, -0.05) is 13.8 Å². The van der Waals surface area contributed by atoms with Crippen LogP contribution in [0.15, 0.2) is 0 Å². The number of carbonyl (C=O) groups excluding carboxylic acids is 2. The molecule has 2 amide bonds. The predicted octanol–water partition coefficient (Wildman–Crippen LogP) is 1.47. The van der Waals surface area contributed by atoms with Crippen LogP contribution in [0.2, 0.25) is 0 Å². The number of carboxylic acids is 1. The van der Waals surface area contributed by atoms with Crippen LogP contribution < -0.4 is 5.32 Å². The summed E-state index contributed by atoms with van der Waals surface area (Å²) in [5.41, 5.74) is 0. The van der Waals surface area contributed by atoms with Crippen LogP contribution in [0.3, 0.4) is 0 Å². The molecule has 3 aliphatic rings. The molecule has 152 valence electrons. The van der Waals surface area contributed by atoms with E-state index in [4.69, 9.17) is 5.11 Å². The summed E-state index contributed by atoms with van der Waals surface area (Å²) in [6, 6.07) is -0.0167. The fourth-order valence-electron chi connectivity index (χ4n) is 4.25. The summed E-state index contributed by atoms with van der Waals surface area (Å²) >= 11 is 0. The summed E-state index contributed by atoms with van der Waals surface area (Å²) in [6.45, 7) is 5.35. The van der Waals surface area contributed by atoms with Crippen LogP contribution in [-0.4, -0.2) is 70.4 Å². The van der Waals surface area contributed by atoms with E-state index in [1.807, 2.05) is 13.8 Å². The zero-order valence-corrected chi connectivity index (χ0v) is 16.5. The maximum atomic E-state index is 12.8. The van der Waals surface area contributed by atoms with Crippen LogP contribution in [0.25, 0.3) is 0 Å². The summed E-state index contributed by atoms with van der Waals surface area (Å²) in [5, 5.41) is 12.3. The third-order valence-electron chi connectivity index (χ3n) is 6.09. The van der Waals surface area contributed by atoms with Crippen molar-refractivity contribution in [3.63, 3.8) is 0 Å². The maximum Gasteiger partial charge on any atom is 0.317 e. The molecule has 3 fully saturated rings. The van der Waals surface area contributed by atoms with Gasteiger partial charge >= 0.3 is 5.97 Å². The molecule has 0 radical (unpaired) electrons. The van der Waals surface area contributed by atoms with Gasteiger partial charge in [0.1, 0.15) is 6.04 Å². The van der Waals surface area contributed by atoms with Gasteiger partial charge in [0.15, 0.2) is 0 Å². The molecule has 27 heavy (non-hydrogen) atoms. The van der Waals surface area contributed by atoms with Gasteiger partial charge in [-0.05, 0) is 50.9 Å². The summed E-state index contributed by atoms with van der Waals surface area (Å²) < 4.78 is 0. The van der Waals surface area contributed by atoms with E-state index < -0.39 is 5.97 Å². The molecule has 1 aliphatic heterocycles. The molecule has 3 rings (SSSR count). The van der Waals surface area contributed by atoms with Crippen LogP contribution in [0.5, 0.6) is 0 Å². The number of rotatable bonds is 8. The highest BCUT2D eigenvalue weighted by Gasteiger charge is 2.40. The van der Waals surface area contributed by atoms with Crippen molar-refractivity contribution in [2.24, 2.45) is 11.8 Å². The van der Waals surface area contributed by atoms with E-state index in [1.165, 1.54) is 12.8 Å². The van der Waals surface area contributed by atoms with Crippen molar-refractivity contribution in [2.45, 2.75) is 76.9 Å². The molecule has 0 spiro atoms. The van der Waals surface area contributed by atoms with Crippen molar-refractivity contribution in [3.8, 4) is 0 Å². The molecule has 1 atom stereocenters. The molecule has 0 aromatic heterocycles. The van der Waals surface area contributed by atoms with Crippen LogP contribution in [0, 0.1) is 11.8 Å². The number of amides is 2. The molecule has 1 heterocycles. The Kier molecular flexibility index (Phi) is 6.40. The Bertz CT molecular complexity index is 570. The van der Waals surface area contributed by atoms with Crippen molar-refractivity contribution < 1.29 is 19.5 Å². The van der Waals surface area contributed by atoms with Crippen LogP contribution in [0.4, 0.5) is 0 Å². The van der Waals surface area contributed by atoms with Gasteiger partial charge in [-0.3, -0.25) is 19.3 Å². The fourth-order valence-corrected chi connectivity index (χ4v) is 4.25. The lowest BCUT2D eigenvalue weighted by molar-refractivity contribution is -0.145. The first kappa shape index (κ1) is 20.1. The summed E-state index contributed by atoms with van der Waals surface area (Å²) in [6.07, 6.45) is 6.66. The monoisotopic (exact) mass is 379 g/mol. The van der Waals surface area contributed by atoms with E-state index in [1.54, 1.807) is 4.90 Å². The Labute approximate surface area is 161 Å². The Morgan fingerprint density at radius 2 is 1.85 bits per heavy atom. The number of piperidine rings is 1. The molecule has 2 saturated carbocycles. The van der Waals surface area contributed by atoms with E-state index >= 15 is 0 Å². The van der Waals surface area contributed by atoms with Gasteiger partial charge in [-0.25, -0.2) is 0 Å². The zero-order chi connectivity index (χ0) is 19.6. The Morgan fingerprint density at radius 1 is 1.15 bits per heavy atom. The zero-order valence-electron chi connectivity index (χ0n) is 16.5. The lowest BCUT2D eigenvalue weighted by atomic mass is 9.84. The highest BCUT2D eigenvalue weighted by Crippen LogP contribution is 2.34. The predicted molar refractivity (Wildman–Crippen MR) is 101 cm³/mol. The topological polar surface area (TPSA) is 90.0 Å². The molecule has 7 nitrogen and oxygen atoms in total. The number of nitrogens with zero attached hydrogens (tertiary/aromatic N) is 2. The first-order valence-corrected chi connectivity index (χ1v) is 10.4. The Balaban J connectivity index is 1.49. The normalized spacial score (nSPS) is 28.1. The molecule has 1 unspecified atom stereocenters. The van der Waals surface area contributed by atoms with E-state index in [2.05, 4.69) is 10.2 Å². The minimum atomic E-state index is -0.784. The van der Waals surface area contributed by atoms with Crippen molar-refractivity contribution in [3.05, 3.63) is 0 Å². The van der Waals surface area contributed by atoms with Crippen LogP contribution >= 0.6 is 0 Å². The second kappa shape index (κ2) is 8.59. The average molecular weight is 380 g/mol. The second-order valence-corrected chi connectivity index (χ2v) is 8.80. The lowest BCUT2D eigenvalue weighted by Crippen LogP contribution is -2.59. The number of carboxylic acid groups (broad SMARTS) is 1. The summed E-state index contributed by atoms with van der Waals surface area (Å²) in [5.74, 6) is -0.222. The number of aliphatic carboxylic acids is 1. The van der Waals surface area contributed by atoms with E-state index in [9.17, 15) is 14.4 Å². The number of nitrogens with one attached hydrogen (secondary N) is 1. The molecule has 2 aliphatic carbocycles. The largest absolute Gasteiger partial charge is 0.480 e. The van der Waals surface area contributed by atoms with Crippen molar-refractivity contribution in [1.82, 2.24) is 15.1 Å². The van der Waals surface area contributed by atoms with Crippen molar-refractivity contribution in [2.75, 3.05) is 19.6 Å². The van der Waals surface area contributed by atoms with Crippen molar-refractivity contribution in [1.29, 1.82) is 0 Å². The van der Waals surface area contributed by atoms with Crippen LogP contribution in [-0.2, 0) is 14.4 Å². The van der Waals surface area contributed by atoms with Gasteiger partial charge in [-0.15, -0.1) is 0 Å². The van der Waals surface area contributed by atoms with Gasteiger partial charge in [-0.2, -0.15) is 0 Å². The first-order chi connectivity index (χ1) is 12.8. The van der Waals surface area contributed by atoms with Gasteiger partial charge in [0.2, 0.25) is 11.8 Å². The fraction of sp³-hybridized carbons (Fsp3) is 0.850. The highest BCUT2D eigenvalue weighted by molar-refractivity contribution is 5.88. The minimum Gasteiger partial charge on any atom is -0.480 e. The van der Waals surface area contributed by atoms with Gasteiger partial charge < -0.3 is 15.3 Å². The smallest absolute Gasteiger partial charge is 0.317 e. The molecule has 0 aromatic carbocycles. The minimum absolute atomic E-state index is 0.0425. The Hall–Kier alpha value is -1.63. The van der Waals surface area contributed by atoms with Crippen molar-refractivity contribution >= 4 is 17.8 Å². The summed E-state index contributed by atoms with van der Waals surface area (Å²) in [4.78, 5) is 40.1. The van der Waals surface area contributed by atoms with E-state index in [-0.39, 0.29) is 42.4 Å². The van der Waals surface area contributed by atoms with Gasteiger partial charge in [0, 0.05) is 31.1 Å². The first-order valence-electron chi connectivity index (χ1n) is 10.4. The highest BCUT2D eigenvalue weighted by atomic mass is 16.4. The quantitative estimate of drug-likeness (QED) is 0.666. The molecular formula is C20H33N3O4. The number of carbonyl (C=O) groups is 3. The molecule has 7 heteroatoms. The average Bonchev–Trinajstić information content (AvgIpc) is 3.39. The third kappa shape index (κ3) is 5.21. The summed E-state index contributed by atoms with van der Waals surface area (Å²) in [7, 11) is 0. The molecular weight excluding hydrogens is 346 g/mol. The Morgan fingerprint density at radius 3 is 2.44 bits per heavy atom. The molecule has 0 aromatic rings.